The molecule has 0 aliphatic heterocycles. The van der Waals surface area contributed by atoms with Crippen LogP contribution in [-0.2, 0) is 0 Å². The molecule has 1 rings (SSSR count). The zero-order valence-electron chi connectivity index (χ0n) is 6.39. The molecule has 12 heavy (non-hydrogen) atoms. The molecule has 0 amide bonds. The van der Waals surface area contributed by atoms with Gasteiger partial charge in [0.15, 0.2) is 0 Å². The fourth-order valence-corrected chi connectivity index (χ4v) is 0.875. The maximum absolute atomic E-state index is 12.2. The average Bonchev–Trinajstić information content (AvgIpc) is 1.92. The van der Waals surface area contributed by atoms with Gasteiger partial charge in [-0.2, -0.15) is 0 Å². The zero-order valence-corrected chi connectivity index (χ0v) is 6.39. The average molecular weight is 175 g/mol. The first-order valence-corrected chi connectivity index (χ1v) is 3.33. The summed E-state index contributed by atoms with van der Waals surface area (Å²) in [6.45, 7) is -3.52. The van der Waals surface area contributed by atoms with Gasteiger partial charge in [-0.05, 0) is 6.92 Å². The highest BCUT2D eigenvalue weighted by atomic mass is 19.4. The van der Waals surface area contributed by atoms with Gasteiger partial charge in [-0.25, -0.2) is 0 Å². The number of anilines is 1. The normalized spacial score (nSPS) is 11.7. The first kappa shape index (κ1) is 8.90. The van der Waals surface area contributed by atoms with Crippen LogP contribution in [0.15, 0.2) is 12.3 Å². The second kappa shape index (κ2) is 2.69. The number of nitrogens with two attached hydrogens (primary N) is 1. The number of aryl methyl sites for hydroxylation is 1. The number of halogens is 3. The van der Waals surface area contributed by atoms with Gasteiger partial charge in [0.05, 0.1) is 0 Å². The molecule has 0 aliphatic carbocycles. The molecule has 0 aromatic carbocycles. The van der Waals surface area contributed by atoms with Crippen molar-refractivity contribution in [3.05, 3.63) is 18.0 Å². The van der Waals surface area contributed by atoms with E-state index in [0.717, 1.165) is 12.3 Å². The molecule has 2 N–H and O–H groups in total. The van der Waals surface area contributed by atoms with Crippen LogP contribution in [0.4, 0.5) is 18.6 Å². The lowest BCUT2D eigenvalue weighted by atomic mass is 9.79. The third-order valence-electron chi connectivity index (χ3n) is 1.46. The molecule has 1 aromatic heterocycles. The lowest BCUT2D eigenvalue weighted by molar-refractivity contribution is 0.501. The highest BCUT2D eigenvalue weighted by molar-refractivity contribution is 6.74. The Hall–Kier alpha value is -1.20. The second-order valence-electron chi connectivity index (χ2n) is 2.53. The molecular weight excluding hydrogens is 168 g/mol. The van der Waals surface area contributed by atoms with Gasteiger partial charge >= 0.3 is 6.98 Å². The fourth-order valence-electron chi connectivity index (χ4n) is 0.875. The van der Waals surface area contributed by atoms with Crippen LogP contribution in [0.1, 0.15) is 5.69 Å². The maximum Gasteiger partial charge on any atom is 0.511 e. The van der Waals surface area contributed by atoms with Crippen molar-refractivity contribution >= 4 is 18.1 Å². The molecular formula is C6H7BF3N2-. The molecule has 0 bridgehead atoms. The highest BCUT2D eigenvalue weighted by Gasteiger charge is 2.27. The first-order chi connectivity index (χ1) is 5.41. The number of pyridine rings is 1. The standard InChI is InChI=1S/C6H7BF3N2/c1-4-2-5(7(8,9)10)6(11)3-12-4/h2-3H,11H2,1H3/q-1. The van der Waals surface area contributed by atoms with Crippen molar-refractivity contribution in [3.8, 4) is 0 Å². The van der Waals surface area contributed by atoms with Gasteiger partial charge in [-0.15, -0.1) is 0 Å². The predicted octanol–water partition coefficient (Wildman–Crippen LogP) is 1.03. The molecule has 0 unspecified atom stereocenters. The van der Waals surface area contributed by atoms with E-state index in [-0.39, 0.29) is 5.69 Å². The Morgan fingerprint density at radius 3 is 2.42 bits per heavy atom. The van der Waals surface area contributed by atoms with Crippen molar-refractivity contribution in [3.63, 3.8) is 0 Å². The topological polar surface area (TPSA) is 38.9 Å². The molecule has 66 valence electrons. The van der Waals surface area contributed by atoms with E-state index in [1.54, 1.807) is 0 Å². The van der Waals surface area contributed by atoms with Gasteiger partial charge in [0, 0.05) is 17.6 Å². The third kappa shape index (κ3) is 1.69. The summed E-state index contributed by atoms with van der Waals surface area (Å²) in [4.78, 5) is 3.64. The predicted molar refractivity (Wildman–Crippen MR) is 42.1 cm³/mol. The fraction of sp³-hybridized carbons (Fsp3) is 0.167. The number of aromatic nitrogens is 1. The monoisotopic (exact) mass is 175 g/mol. The summed E-state index contributed by atoms with van der Waals surface area (Å²) < 4.78 is 36.6. The smallest absolute Gasteiger partial charge is 0.445 e. The molecule has 1 aromatic rings. The highest BCUT2D eigenvalue weighted by Crippen LogP contribution is 2.13. The minimum atomic E-state index is -5.01. The van der Waals surface area contributed by atoms with Crippen LogP contribution in [-0.4, -0.2) is 12.0 Å². The Morgan fingerprint density at radius 2 is 2.00 bits per heavy atom. The van der Waals surface area contributed by atoms with E-state index in [1.165, 1.54) is 6.92 Å². The van der Waals surface area contributed by atoms with E-state index in [0.29, 0.717) is 5.69 Å². The van der Waals surface area contributed by atoms with Gasteiger partial charge in [-0.3, -0.25) is 4.98 Å². The lowest BCUT2D eigenvalue weighted by Gasteiger charge is -2.17. The molecule has 6 heteroatoms. The van der Waals surface area contributed by atoms with E-state index in [9.17, 15) is 12.9 Å². The zero-order chi connectivity index (χ0) is 9.35. The SMILES string of the molecule is Cc1cc([B-](F)(F)F)c(N)cn1. The Bertz CT molecular complexity index is 297. The van der Waals surface area contributed by atoms with Crippen LogP contribution in [0.3, 0.4) is 0 Å². The van der Waals surface area contributed by atoms with Gasteiger partial charge in [0.2, 0.25) is 0 Å². The van der Waals surface area contributed by atoms with E-state index >= 15 is 0 Å². The number of hydrogen-bond acceptors (Lipinski definition) is 2. The van der Waals surface area contributed by atoms with Crippen molar-refractivity contribution in [2.24, 2.45) is 0 Å². The molecule has 1 heterocycles. The summed E-state index contributed by atoms with van der Waals surface area (Å²) in [5, 5.41) is 0. The molecule has 0 atom stereocenters. The second-order valence-corrected chi connectivity index (χ2v) is 2.53. The van der Waals surface area contributed by atoms with Gasteiger partial charge in [-0.1, -0.05) is 11.5 Å². The molecule has 0 saturated carbocycles. The van der Waals surface area contributed by atoms with Crippen LogP contribution in [0.5, 0.6) is 0 Å². The van der Waals surface area contributed by atoms with Gasteiger partial charge in [0.25, 0.3) is 0 Å². The Labute approximate surface area is 67.7 Å². The lowest BCUT2D eigenvalue weighted by Crippen LogP contribution is -2.36. The number of nitrogens with zero attached hydrogens (tertiary/aromatic N) is 1. The summed E-state index contributed by atoms with van der Waals surface area (Å²) >= 11 is 0. The summed E-state index contributed by atoms with van der Waals surface area (Å²) in [5.41, 5.74) is 4.35. The first-order valence-electron chi connectivity index (χ1n) is 3.33. The summed E-state index contributed by atoms with van der Waals surface area (Å²) in [6.07, 6.45) is 1.03. The van der Waals surface area contributed by atoms with Crippen LogP contribution >= 0.6 is 0 Å². The van der Waals surface area contributed by atoms with Gasteiger partial charge in [0.1, 0.15) is 0 Å². The molecule has 0 fully saturated rings. The Kier molecular flexibility index (Phi) is 2.00. The minimum Gasteiger partial charge on any atom is -0.445 e. The molecule has 0 saturated heterocycles. The summed E-state index contributed by atoms with van der Waals surface area (Å²) in [7, 11) is 0. The Balaban J connectivity index is 3.23. The summed E-state index contributed by atoms with van der Waals surface area (Å²) in [6, 6.07) is 0.954. The Morgan fingerprint density at radius 1 is 1.42 bits per heavy atom. The third-order valence-corrected chi connectivity index (χ3v) is 1.46. The van der Waals surface area contributed by atoms with Crippen molar-refractivity contribution in [2.45, 2.75) is 6.92 Å². The van der Waals surface area contributed by atoms with Crippen molar-refractivity contribution in [2.75, 3.05) is 5.73 Å². The van der Waals surface area contributed by atoms with Crippen molar-refractivity contribution in [1.82, 2.24) is 4.98 Å². The molecule has 0 radical (unpaired) electrons. The molecule has 0 aliphatic rings. The van der Waals surface area contributed by atoms with Gasteiger partial charge < -0.3 is 18.7 Å². The quantitative estimate of drug-likeness (QED) is 0.647. The minimum absolute atomic E-state index is 0.312. The molecule has 2 nitrogen and oxygen atoms in total. The largest absolute Gasteiger partial charge is 0.511 e. The summed E-state index contributed by atoms with van der Waals surface area (Å²) in [5.74, 6) is 0. The molecule has 0 spiro atoms. The van der Waals surface area contributed by atoms with E-state index in [4.69, 9.17) is 5.73 Å². The van der Waals surface area contributed by atoms with Crippen molar-refractivity contribution < 1.29 is 12.9 Å². The number of nitrogen functional groups attached to an aromatic ring is 1. The van der Waals surface area contributed by atoms with E-state index in [2.05, 4.69) is 4.98 Å². The maximum atomic E-state index is 12.2. The van der Waals surface area contributed by atoms with E-state index < -0.39 is 12.4 Å². The number of hydrogen-bond donors (Lipinski definition) is 1. The van der Waals surface area contributed by atoms with Crippen molar-refractivity contribution in [1.29, 1.82) is 0 Å². The van der Waals surface area contributed by atoms with Crippen LogP contribution in [0.2, 0.25) is 0 Å². The van der Waals surface area contributed by atoms with E-state index in [1.807, 2.05) is 0 Å². The number of rotatable bonds is 1. The van der Waals surface area contributed by atoms with Crippen LogP contribution in [0, 0.1) is 6.92 Å². The van der Waals surface area contributed by atoms with Crippen LogP contribution < -0.4 is 11.2 Å². The van der Waals surface area contributed by atoms with Crippen LogP contribution in [0.25, 0.3) is 0 Å².